The third-order valence-corrected chi connectivity index (χ3v) is 2.26. The zero-order chi connectivity index (χ0) is 14.2. The molecule has 0 heterocycles. The van der Waals surface area contributed by atoms with Gasteiger partial charge in [0.2, 0.25) is 0 Å². The Bertz CT molecular complexity index is 340. The predicted octanol–water partition coefficient (Wildman–Crippen LogP) is 0.426. The lowest BCUT2D eigenvalue weighted by Crippen LogP contribution is -2.51. The number of allylic oxidation sites excluding steroid dienone is 1. The molecule has 0 spiro atoms. The summed E-state index contributed by atoms with van der Waals surface area (Å²) in [7, 11) is 1.36. The lowest BCUT2D eigenvalue weighted by atomic mass is 9.95. The Morgan fingerprint density at radius 3 is 2.67 bits per heavy atom. The number of carbonyl (C=O) groups is 1. The van der Waals surface area contributed by atoms with Crippen LogP contribution in [0.4, 0.5) is 4.39 Å². The van der Waals surface area contributed by atoms with E-state index in [-0.39, 0.29) is 31.8 Å². The van der Waals surface area contributed by atoms with Gasteiger partial charge >= 0.3 is 5.97 Å². The Balaban J connectivity index is 4.33. The zero-order valence-corrected chi connectivity index (χ0v) is 10.6. The van der Waals surface area contributed by atoms with Gasteiger partial charge in [0.15, 0.2) is 0 Å². The van der Waals surface area contributed by atoms with Crippen molar-refractivity contribution in [3.63, 3.8) is 0 Å². The number of hydrogen-bond acceptors (Lipinski definition) is 4. The largest absolute Gasteiger partial charge is 0.480 e. The minimum Gasteiger partial charge on any atom is -0.480 e. The molecule has 1 atom stereocenters. The zero-order valence-electron chi connectivity index (χ0n) is 10.6. The molecule has 104 valence electrons. The summed E-state index contributed by atoms with van der Waals surface area (Å²) in [5, 5.41) is 8.95. The number of ether oxygens (including phenoxy) is 1. The summed E-state index contributed by atoms with van der Waals surface area (Å²) in [5.74, 6) is -1.35. The first-order chi connectivity index (χ1) is 8.31. The van der Waals surface area contributed by atoms with Crippen molar-refractivity contribution >= 4 is 11.8 Å². The van der Waals surface area contributed by atoms with Crippen molar-refractivity contribution < 1.29 is 19.0 Å². The maximum absolute atomic E-state index is 13.2. The highest BCUT2D eigenvalue weighted by Gasteiger charge is 2.33. The molecule has 0 amide bonds. The van der Waals surface area contributed by atoms with E-state index in [0.717, 1.165) is 0 Å². The van der Waals surface area contributed by atoms with Gasteiger partial charge in [0.1, 0.15) is 11.4 Å². The summed E-state index contributed by atoms with van der Waals surface area (Å²) in [6.07, 6.45) is 1.53. The van der Waals surface area contributed by atoms with Crippen molar-refractivity contribution in [3.8, 4) is 0 Å². The average Bonchev–Trinajstić information content (AvgIpc) is 2.26. The number of nitrogens with two attached hydrogens (primary N) is 2. The third-order valence-electron chi connectivity index (χ3n) is 2.26. The van der Waals surface area contributed by atoms with Crippen LogP contribution in [0, 0.1) is 0 Å². The monoisotopic (exact) mass is 261 g/mol. The second kappa shape index (κ2) is 7.78. The molecule has 18 heavy (non-hydrogen) atoms. The van der Waals surface area contributed by atoms with Crippen molar-refractivity contribution in [2.75, 3.05) is 20.3 Å². The molecule has 0 aliphatic rings. The highest BCUT2D eigenvalue weighted by molar-refractivity contribution is 5.78. The average molecular weight is 261 g/mol. The molecule has 0 aromatic carbocycles. The second-order valence-electron chi connectivity index (χ2n) is 4.04. The minimum atomic E-state index is -1.50. The fourth-order valence-corrected chi connectivity index (χ4v) is 1.25. The van der Waals surface area contributed by atoms with Crippen LogP contribution in [0.15, 0.2) is 16.9 Å². The number of hydrogen-bond donors (Lipinski definition) is 3. The lowest BCUT2D eigenvalue weighted by Gasteiger charge is -2.22. The molecule has 5 N–H and O–H groups in total. The van der Waals surface area contributed by atoms with Gasteiger partial charge in [-0.15, -0.1) is 0 Å². The number of carboxylic acid groups (broad SMARTS) is 1. The van der Waals surface area contributed by atoms with E-state index < -0.39 is 17.3 Å². The van der Waals surface area contributed by atoms with E-state index in [2.05, 4.69) is 4.99 Å². The molecule has 0 bridgehead atoms. The number of carboxylic acids is 1. The van der Waals surface area contributed by atoms with E-state index in [0.29, 0.717) is 0 Å². The Morgan fingerprint density at radius 1 is 1.61 bits per heavy atom. The number of amidine groups is 1. The molecule has 0 aromatic heterocycles. The standard InChI is InChI=1S/C11H20FN3O3/c1-8(13)15-6-9(12)4-3-5-11(14,7-18-2)10(16)17/h4H,3,5-7,14H2,1-2H3,(H2,13,15)(H,16,17)/t11-/m0/s1. The fraction of sp³-hybridized carbons (Fsp3) is 0.636. The maximum atomic E-state index is 13.2. The normalized spacial score (nSPS) is 16.4. The van der Waals surface area contributed by atoms with E-state index in [1.807, 2.05) is 0 Å². The Labute approximate surface area is 106 Å². The summed E-state index contributed by atoms with van der Waals surface area (Å²) in [6, 6.07) is 0. The maximum Gasteiger partial charge on any atom is 0.326 e. The summed E-state index contributed by atoms with van der Waals surface area (Å²) in [4.78, 5) is 14.6. The molecule has 0 fully saturated rings. The summed E-state index contributed by atoms with van der Waals surface area (Å²) >= 11 is 0. The fourth-order valence-electron chi connectivity index (χ4n) is 1.25. The van der Waals surface area contributed by atoms with Crippen LogP contribution in [0.5, 0.6) is 0 Å². The smallest absolute Gasteiger partial charge is 0.326 e. The molecular formula is C11H20FN3O3. The van der Waals surface area contributed by atoms with Crippen molar-refractivity contribution in [2.24, 2.45) is 16.5 Å². The van der Waals surface area contributed by atoms with Gasteiger partial charge in [-0.1, -0.05) is 6.08 Å². The van der Waals surface area contributed by atoms with Gasteiger partial charge in [-0.2, -0.15) is 0 Å². The highest BCUT2D eigenvalue weighted by Crippen LogP contribution is 2.13. The van der Waals surface area contributed by atoms with Gasteiger partial charge in [0, 0.05) is 7.11 Å². The number of aliphatic imine (C=N–C) groups is 1. The van der Waals surface area contributed by atoms with Crippen LogP contribution in [0.25, 0.3) is 0 Å². The molecule has 0 unspecified atom stereocenters. The molecule has 0 saturated carbocycles. The van der Waals surface area contributed by atoms with E-state index in [1.165, 1.54) is 13.2 Å². The number of aliphatic carboxylic acids is 1. The number of methoxy groups -OCH3 is 1. The Hall–Kier alpha value is -1.47. The highest BCUT2D eigenvalue weighted by atomic mass is 19.1. The van der Waals surface area contributed by atoms with Gasteiger partial charge in [0.05, 0.1) is 19.0 Å². The lowest BCUT2D eigenvalue weighted by molar-refractivity contribution is -0.145. The van der Waals surface area contributed by atoms with E-state index >= 15 is 0 Å². The van der Waals surface area contributed by atoms with Crippen LogP contribution >= 0.6 is 0 Å². The molecule has 6 nitrogen and oxygen atoms in total. The van der Waals surface area contributed by atoms with Crippen molar-refractivity contribution in [3.05, 3.63) is 11.9 Å². The van der Waals surface area contributed by atoms with Crippen LogP contribution in [-0.2, 0) is 9.53 Å². The molecule has 7 heteroatoms. The molecular weight excluding hydrogens is 241 g/mol. The first kappa shape index (κ1) is 16.5. The molecule has 0 radical (unpaired) electrons. The number of halogens is 1. The van der Waals surface area contributed by atoms with Gasteiger partial charge in [-0.3, -0.25) is 9.79 Å². The summed E-state index contributed by atoms with van der Waals surface area (Å²) in [5.41, 5.74) is 9.39. The van der Waals surface area contributed by atoms with Crippen molar-refractivity contribution in [1.82, 2.24) is 0 Å². The Kier molecular flexibility index (Phi) is 7.14. The van der Waals surface area contributed by atoms with Gasteiger partial charge in [-0.25, -0.2) is 4.39 Å². The number of nitrogens with zero attached hydrogens (tertiary/aromatic N) is 1. The molecule has 0 rings (SSSR count). The van der Waals surface area contributed by atoms with E-state index in [1.54, 1.807) is 6.92 Å². The topological polar surface area (TPSA) is 111 Å². The second-order valence-corrected chi connectivity index (χ2v) is 4.04. The first-order valence-corrected chi connectivity index (χ1v) is 5.44. The minimum absolute atomic E-state index is 0.0783. The van der Waals surface area contributed by atoms with Gasteiger partial charge < -0.3 is 21.3 Å². The van der Waals surface area contributed by atoms with Crippen LogP contribution in [0.2, 0.25) is 0 Å². The summed E-state index contributed by atoms with van der Waals surface area (Å²) < 4.78 is 18.0. The van der Waals surface area contributed by atoms with E-state index in [9.17, 15) is 9.18 Å². The molecule has 0 saturated heterocycles. The van der Waals surface area contributed by atoms with Crippen molar-refractivity contribution in [2.45, 2.75) is 25.3 Å². The SMILES string of the molecule is COC[C@@](N)(CCC=C(F)CN=C(C)N)C(=O)O. The predicted molar refractivity (Wildman–Crippen MR) is 67.0 cm³/mol. The quantitative estimate of drug-likeness (QED) is 0.433. The van der Waals surface area contributed by atoms with Crippen LogP contribution < -0.4 is 11.5 Å². The Morgan fingerprint density at radius 2 is 2.22 bits per heavy atom. The van der Waals surface area contributed by atoms with Crippen LogP contribution in [0.3, 0.4) is 0 Å². The molecule has 0 aliphatic carbocycles. The third kappa shape index (κ3) is 6.31. The van der Waals surface area contributed by atoms with Crippen molar-refractivity contribution in [1.29, 1.82) is 0 Å². The van der Waals surface area contributed by atoms with E-state index in [4.69, 9.17) is 21.3 Å². The first-order valence-electron chi connectivity index (χ1n) is 5.44. The van der Waals surface area contributed by atoms with Crippen LogP contribution in [0.1, 0.15) is 19.8 Å². The van der Waals surface area contributed by atoms with Gasteiger partial charge in [-0.05, 0) is 19.8 Å². The molecule has 0 aliphatic heterocycles. The van der Waals surface area contributed by atoms with Gasteiger partial charge in [0.25, 0.3) is 0 Å². The summed E-state index contributed by atoms with van der Waals surface area (Å²) in [6.45, 7) is 1.29. The van der Waals surface area contributed by atoms with Crippen LogP contribution in [-0.4, -0.2) is 42.7 Å². The molecule has 0 aromatic rings. The number of rotatable bonds is 8.